The summed E-state index contributed by atoms with van der Waals surface area (Å²) in [6.45, 7) is 4.52. The number of ether oxygens (including phenoxy) is 1. The first-order chi connectivity index (χ1) is 15.6. The maximum absolute atomic E-state index is 12.8. The summed E-state index contributed by atoms with van der Waals surface area (Å²) in [7, 11) is 0. The van der Waals surface area contributed by atoms with Gasteiger partial charge in [-0.15, -0.1) is 11.8 Å². The van der Waals surface area contributed by atoms with Gasteiger partial charge in [0.2, 0.25) is 11.8 Å². The number of carbonyl (C=O) groups excluding carboxylic acids is 2. The van der Waals surface area contributed by atoms with Crippen LogP contribution in [0.15, 0.2) is 83.8 Å². The second-order valence-electron chi connectivity index (χ2n) is 7.20. The number of nitrogens with one attached hydrogen (secondary N) is 2. The Hall–Kier alpha value is -3.25. The summed E-state index contributed by atoms with van der Waals surface area (Å²) >= 11 is 1.48. The molecule has 32 heavy (non-hydrogen) atoms. The summed E-state index contributed by atoms with van der Waals surface area (Å²) in [6, 6.07) is 24.6. The van der Waals surface area contributed by atoms with Gasteiger partial charge in [0, 0.05) is 16.3 Å². The molecule has 3 aromatic carbocycles. The van der Waals surface area contributed by atoms with Crippen molar-refractivity contribution in [3.05, 3.63) is 84.4 Å². The number of hydrogen-bond acceptors (Lipinski definition) is 4. The smallest absolute Gasteiger partial charge is 0.237 e. The van der Waals surface area contributed by atoms with Crippen molar-refractivity contribution in [2.24, 2.45) is 0 Å². The number of amides is 2. The Morgan fingerprint density at radius 3 is 2.31 bits per heavy atom. The molecule has 0 aliphatic carbocycles. The van der Waals surface area contributed by atoms with Gasteiger partial charge in [0.15, 0.2) is 0 Å². The Kier molecular flexibility index (Phi) is 8.75. The quantitative estimate of drug-likeness (QED) is 0.386. The predicted octanol–water partition coefficient (Wildman–Crippen LogP) is 5.78. The monoisotopic (exact) mass is 448 g/mol. The standard InChI is InChI=1S/C26H28N2O3S/c1-3-24(26(30)28-20-13-15-22(16-14-20)31-4-2)32-23-12-8-11-21(18-23)27-25(29)17-19-9-6-5-7-10-19/h5-16,18,24H,3-4,17H2,1-2H3,(H,27,29)(H,28,30). The normalized spacial score (nSPS) is 11.4. The highest BCUT2D eigenvalue weighted by Crippen LogP contribution is 2.29. The lowest BCUT2D eigenvalue weighted by Gasteiger charge is -2.16. The molecule has 166 valence electrons. The van der Waals surface area contributed by atoms with Gasteiger partial charge in [-0.25, -0.2) is 0 Å². The van der Waals surface area contributed by atoms with E-state index >= 15 is 0 Å². The van der Waals surface area contributed by atoms with E-state index in [0.717, 1.165) is 27.6 Å². The molecule has 1 unspecified atom stereocenters. The number of anilines is 2. The molecule has 0 aliphatic heterocycles. The molecule has 0 bridgehead atoms. The second kappa shape index (κ2) is 12.0. The number of hydrogen-bond donors (Lipinski definition) is 2. The van der Waals surface area contributed by atoms with E-state index in [0.29, 0.717) is 19.4 Å². The lowest BCUT2D eigenvalue weighted by atomic mass is 10.1. The second-order valence-corrected chi connectivity index (χ2v) is 8.48. The molecule has 0 aliphatic rings. The van der Waals surface area contributed by atoms with Gasteiger partial charge in [-0.1, -0.05) is 43.3 Å². The number of benzene rings is 3. The number of thioether (sulfide) groups is 1. The molecule has 3 rings (SSSR count). The summed E-state index contributed by atoms with van der Waals surface area (Å²) < 4.78 is 5.44. The minimum absolute atomic E-state index is 0.0554. The maximum Gasteiger partial charge on any atom is 0.237 e. The van der Waals surface area contributed by atoms with E-state index in [-0.39, 0.29) is 17.1 Å². The van der Waals surface area contributed by atoms with Crippen molar-refractivity contribution in [2.45, 2.75) is 36.8 Å². The van der Waals surface area contributed by atoms with Crippen LogP contribution in [-0.2, 0) is 16.0 Å². The van der Waals surface area contributed by atoms with Gasteiger partial charge in [0.25, 0.3) is 0 Å². The first-order valence-electron chi connectivity index (χ1n) is 10.7. The summed E-state index contributed by atoms with van der Waals surface area (Å²) in [5, 5.41) is 5.66. The third-order valence-corrected chi connectivity index (χ3v) is 6.06. The third-order valence-electron chi connectivity index (χ3n) is 4.70. The highest BCUT2D eigenvalue weighted by Gasteiger charge is 2.18. The lowest BCUT2D eigenvalue weighted by Crippen LogP contribution is -2.24. The molecule has 0 saturated heterocycles. The predicted molar refractivity (Wildman–Crippen MR) is 131 cm³/mol. The molecule has 0 spiro atoms. The van der Waals surface area contributed by atoms with Crippen LogP contribution in [0, 0.1) is 0 Å². The molecule has 1 atom stereocenters. The largest absolute Gasteiger partial charge is 0.494 e. The van der Waals surface area contributed by atoms with E-state index in [1.54, 1.807) is 0 Å². The van der Waals surface area contributed by atoms with Gasteiger partial charge in [-0.05, 0) is 61.4 Å². The summed E-state index contributed by atoms with van der Waals surface area (Å²) in [4.78, 5) is 26.1. The van der Waals surface area contributed by atoms with E-state index in [2.05, 4.69) is 10.6 Å². The average Bonchev–Trinajstić information content (AvgIpc) is 2.79. The van der Waals surface area contributed by atoms with Crippen molar-refractivity contribution in [3.63, 3.8) is 0 Å². The maximum atomic E-state index is 12.8. The lowest BCUT2D eigenvalue weighted by molar-refractivity contribution is -0.116. The Morgan fingerprint density at radius 1 is 0.875 bits per heavy atom. The minimum Gasteiger partial charge on any atom is -0.494 e. The zero-order valence-corrected chi connectivity index (χ0v) is 19.2. The molecule has 0 saturated carbocycles. The van der Waals surface area contributed by atoms with Crippen molar-refractivity contribution in [2.75, 3.05) is 17.2 Å². The van der Waals surface area contributed by atoms with Crippen LogP contribution in [0.3, 0.4) is 0 Å². The van der Waals surface area contributed by atoms with E-state index in [9.17, 15) is 9.59 Å². The molecule has 6 heteroatoms. The van der Waals surface area contributed by atoms with Crippen LogP contribution in [0.1, 0.15) is 25.8 Å². The van der Waals surface area contributed by atoms with E-state index < -0.39 is 0 Å². The molecule has 0 radical (unpaired) electrons. The Morgan fingerprint density at radius 2 is 1.62 bits per heavy atom. The van der Waals surface area contributed by atoms with Crippen LogP contribution >= 0.6 is 11.8 Å². The fourth-order valence-corrected chi connectivity index (χ4v) is 4.16. The van der Waals surface area contributed by atoms with Crippen molar-refractivity contribution >= 4 is 35.0 Å². The van der Waals surface area contributed by atoms with Gasteiger partial charge in [-0.3, -0.25) is 9.59 Å². The number of rotatable bonds is 10. The Balaban J connectivity index is 1.58. The van der Waals surface area contributed by atoms with Crippen molar-refractivity contribution in [1.29, 1.82) is 0 Å². The summed E-state index contributed by atoms with van der Waals surface area (Å²) in [6.07, 6.45) is 0.998. The van der Waals surface area contributed by atoms with E-state index in [4.69, 9.17) is 4.74 Å². The van der Waals surface area contributed by atoms with Crippen molar-refractivity contribution < 1.29 is 14.3 Å². The van der Waals surface area contributed by atoms with Gasteiger partial charge in [-0.2, -0.15) is 0 Å². The zero-order valence-electron chi connectivity index (χ0n) is 18.3. The molecule has 5 nitrogen and oxygen atoms in total. The molecule has 0 fully saturated rings. The van der Waals surface area contributed by atoms with Gasteiger partial charge in [0.05, 0.1) is 18.3 Å². The zero-order chi connectivity index (χ0) is 22.8. The highest BCUT2D eigenvalue weighted by atomic mass is 32.2. The number of carbonyl (C=O) groups is 2. The average molecular weight is 449 g/mol. The van der Waals surface area contributed by atoms with Crippen LogP contribution in [0.4, 0.5) is 11.4 Å². The minimum atomic E-state index is -0.253. The SMILES string of the molecule is CCOc1ccc(NC(=O)C(CC)Sc2cccc(NC(=O)Cc3ccccc3)c2)cc1. The Bertz CT molecular complexity index is 1020. The van der Waals surface area contributed by atoms with Crippen LogP contribution in [0.2, 0.25) is 0 Å². The summed E-state index contributed by atoms with van der Waals surface area (Å²) in [5.41, 5.74) is 2.42. The first kappa shape index (κ1) is 23.4. The van der Waals surface area contributed by atoms with Gasteiger partial charge < -0.3 is 15.4 Å². The summed E-state index contributed by atoms with van der Waals surface area (Å²) in [5.74, 6) is 0.650. The molecular formula is C26H28N2O3S. The fourth-order valence-electron chi connectivity index (χ4n) is 3.14. The fraction of sp³-hybridized carbons (Fsp3) is 0.231. The highest BCUT2D eigenvalue weighted by molar-refractivity contribution is 8.00. The third kappa shape index (κ3) is 7.17. The van der Waals surface area contributed by atoms with E-state index in [1.807, 2.05) is 92.7 Å². The van der Waals surface area contributed by atoms with Crippen LogP contribution < -0.4 is 15.4 Å². The van der Waals surface area contributed by atoms with Crippen molar-refractivity contribution in [1.82, 2.24) is 0 Å². The van der Waals surface area contributed by atoms with Crippen LogP contribution in [-0.4, -0.2) is 23.7 Å². The first-order valence-corrected chi connectivity index (χ1v) is 11.6. The van der Waals surface area contributed by atoms with Crippen LogP contribution in [0.5, 0.6) is 5.75 Å². The molecule has 2 amide bonds. The Labute approximate surface area is 193 Å². The molecular weight excluding hydrogens is 420 g/mol. The van der Waals surface area contributed by atoms with Crippen LogP contribution in [0.25, 0.3) is 0 Å². The molecule has 0 aromatic heterocycles. The van der Waals surface area contributed by atoms with Gasteiger partial charge >= 0.3 is 0 Å². The molecule has 0 heterocycles. The van der Waals surface area contributed by atoms with Gasteiger partial charge in [0.1, 0.15) is 5.75 Å². The topological polar surface area (TPSA) is 67.4 Å². The van der Waals surface area contributed by atoms with Crippen molar-refractivity contribution in [3.8, 4) is 5.75 Å². The molecule has 2 N–H and O–H groups in total. The molecule has 3 aromatic rings. The van der Waals surface area contributed by atoms with E-state index in [1.165, 1.54) is 11.8 Å².